The second-order valence-electron chi connectivity index (χ2n) is 4.98. The number of pyridine rings is 1. The molecule has 0 bridgehead atoms. The number of ether oxygens (including phenoxy) is 1. The van der Waals surface area contributed by atoms with Gasteiger partial charge in [-0.1, -0.05) is 6.07 Å². The number of esters is 1. The highest BCUT2D eigenvalue weighted by Gasteiger charge is 2.16. The fourth-order valence-corrected chi connectivity index (χ4v) is 3.22. The van der Waals surface area contributed by atoms with E-state index in [0.717, 1.165) is 17.0 Å². The second kappa shape index (κ2) is 8.26. The summed E-state index contributed by atoms with van der Waals surface area (Å²) >= 11 is 1.07. The minimum Gasteiger partial charge on any atom is -0.462 e. The lowest BCUT2D eigenvalue weighted by Crippen LogP contribution is -2.32. The van der Waals surface area contributed by atoms with Gasteiger partial charge in [-0.25, -0.2) is 9.78 Å². The van der Waals surface area contributed by atoms with Crippen LogP contribution in [0.4, 0.5) is 5.82 Å². The topological polar surface area (TPSA) is 97.0 Å². The molecule has 2 rings (SSSR count). The summed E-state index contributed by atoms with van der Waals surface area (Å²) in [7, 11) is 0. The van der Waals surface area contributed by atoms with Gasteiger partial charge in [-0.3, -0.25) is 9.36 Å². The summed E-state index contributed by atoms with van der Waals surface area (Å²) in [5.41, 5.74) is 0.400. The molecule has 2 aromatic heterocycles. The van der Waals surface area contributed by atoms with E-state index in [9.17, 15) is 14.9 Å². The number of nitrogens with one attached hydrogen (secondary N) is 1. The van der Waals surface area contributed by atoms with Crippen LogP contribution >= 0.6 is 11.3 Å². The maximum Gasteiger partial charge on any atom is 0.351 e. The van der Waals surface area contributed by atoms with Crippen LogP contribution in [-0.4, -0.2) is 22.1 Å². The molecule has 0 saturated heterocycles. The van der Waals surface area contributed by atoms with Gasteiger partial charge in [0.15, 0.2) is 5.57 Å². The van der Waals surface area contributed by atoms with Crippen molar-refractivity contribution in [1.82, 2.24) is 9.55 Å². The van der Waals surface area contributed by atoms with Gasteiger partial charge in [-0.15, -0.1) is 11.3 Å². The van der Waals surface area contributed by atoms with E-state index in [1.54, 1.807) is 19.9 Å². The number of anilines is 1. The first-order chi connectivity index (χ1) is 12.0. The molecule has 0 aliphatic heterocycles. The van der Waals surface area contributed by atoms with Gasteiger partial charge >= 0.3 is 5.97 Å². The molecule has 0 radical (unpaired) electrons. The molecule has 0 spiro atoms. The van der Waals surface area contributed by atoms with Crippen LogP contribution in [-0.2, 0) is 16.1 Å². The van der Waals surface area contributed by atoms with Crippen LogP contribution in [0.3, 0.4) is 0 Å². The van der Waals surface area contributed by atoms with Crippen LogP contribution in [0.25, 0.3) is 11.8 Å². The van der Waals surface area contributed by atoms with Crippen molar-refractivity contribution in [1.29, 1.82) is 5.26 Å². The highest BCUT2D eigenvalue weighted by atomic mass is 32.1. The van der Waals surface area contributed by atoms with Crippen LogP contribution in [0.1, 0.15) is 19.5 Å². The molecule has 25 heavy (non-hydrogen) atoms. The summed E-state index contributed by atoms with van der Waals surface area (Å²) in [4.78, 5) is 28.8. The van der Waals surface area contributed by atoms with Crippen LogP contribution in [0.5, 0.6) is 0 Å². The van der Waals surface area contributed by atoms with E-state index in [2.05, 4.69) is 10.3 Å². The van der Waals surface area contributed by atoms with Gasteiger partial charge in [-0.2, -0.15) is 5.26 Å². The molecule has 0 aliphatic rings. The number of hydrogen-bond acceptors (Lipinski definition) is 7. The maximum atomic E-state index is 12.5. The molecule has 0 unspecified atom stereocenters. The van der Waals surface area contributed by atoms with Gasteiger partial charge < -0.3 is 10.1 Å². The average molecular weight is 358 g/mol. The summed E-state index contributed by atoms with van der Waals surface area (Å²) < 4.78 is 6.95. The normalized spacial score (nSPS) is 12.5. The van der Waals surface area contributed by atoms with Crippen molar-refractivity contribution >= 4 is 34.9 Å². The number of nitrogens with zero attached hydrogens (tertiary/aromatic N) is 3. The summed E-state index contributed by atoms with van der Waals surface area (Å²) in [5.74, 6) is -0.124. The molecule has 7 nitrogen and oxygen atoms in total. The second-order valence-corrected chi connectivity index (χ2v) is 6.01. The Morgan fingerprint density at radius 1 is 1.48 bits per heavy atom. The molecule has 0 atom stereocenters. The first-order valence-electron chi connectivity index (χ1n) is 7.73. The Hall–Kier alpha value is -2.92. The van der Waals surface area contributed by atoms with Crippen molar-refractivity contribution in [3.63, 3.8) is 0 Å². The fourth-order valence-electron chi connectivity index (χ4n) is 2.14. The number of aromatic nitrogens is 2. The van der Waals surface area contributed by atoms with E-state index in [4.69, 9.17) is 4.74 Å². The summed E-state index contributed by atoms with van der Waals surface area (Å²) in [6.45, 7) is 5.80. The largest absolute Gasteiger partial charge is 0.462 e. The summed E-state index contributed by atoms with van der Waals surface area (Å²) in [5, 5.41) is 12.3. The minimum absolute atomic E-state index is 0.158. The monoisotopic (exact) mass is 358 g/mol. The van der Waals surface area contributed by atoms with Crippen LogP contribution < -0.4 is 20.1 Å². The van der Waals surface area contributed by atoms with Crippen molar-refractivity contribution < 1.29 is 9.53 Å². The third kappa shape index (κ3) is 4.14. The lowest BCUT2D eigenvalue weighted by molar-refractivity contribution is -0.136. The molecule has 8 heteroatoms. The zero-order chi connectivity index (χ0) is 18.4. The number of nitriles is 1. The van der Waals surface area contributed by atoms with Crippen molar-refractivity contribution in [2.45, 2.75) is 27.3 Å². The van der Waals surface area contributed by atoms with Crippen LogP contribution in [0.2, 0.25) is 0 Å². The zero-order valence-electron chi connectivity index (χ0n) is 14.2. The van der Waals surface area contributed by atoms with Crippen molar-refractivity contribution in [3.8, 4) is 6.07 Å². The third-order valence-corrected chi connectivity index (χ3v) is 4.40. The molecule has 0 amide bonds. The molecule has 0 fully saturated rings. The van der Waals surface area contributed by atoms with E-state index in [0.29, 0.717) is 21.6 Å². The van der Waals surface area contributed by atoms with Gasteiger partial charge in [0.1, 0.15) is 21.1 Å². The zero-order valence-corrected chi connectivity index (χ0v) is 15.0. The molecule has 2 heterocycles. The Balaban J connectivity index is 2.58. The van der Waals surface area contributed by atoms with Gasteiger partial charge in [-0.05, 0) is 32.9 Å². The molecule has 130 valence electrons. The lowest BCUT2D eigenvalue weighted by Gasteiger charge is -2.00. The van der Waals surface area contributed by atoms with Crippen molar-refractivity contribution in [2.24, 2.45) is 0 Å². The summed E-state index contributed by atoms with van der Waals surface area (Å²) in [6, 6.07) is 7.34. The van der Waals surface area contributed by atoms with Gasteiger partial charge in [0, 0.05) is 18.4 Å². The Bertz CT molecular complexity index is 998. The van der Waals surface area contributed by atoms with Crippen LogP contribution in [0, 0.1) is 18.3 Å². The van der Waals surface area contributed by atoms with E-state index >= 15 is 0 Å². The molecule has 0 aliphatic carbocycles. The Morgan fingerprint density at radius 2 is 2.24 bits per heavy atom. The first-order valence-corrected chi connectivity index (χ1v) is 8.55. The molecule has 1 N–H and O–H groups in total. The molecule has 2 aromatic rings. The maximum absolute atomic E-state index is 12.5. The number of hydrogen-bond donors (Lipinski definition) is 1. The lowest BCUT2D eigenvalue weighted by atomic mass is 10.3. The first kappa shape index (κ1) is 18.4. The minimum atomic E-state index is -0.728. The fraction of sp³-hybridized carbons (Fsp3) is 0.294. The van der Waals surface area contributed by atoms with Crippen molar-refractivity contribution in [3.05, 3.63) is 43.4 Å². The average Bonchev–Trinajstić information content (AvgIpc) is 2.89. The third-order valence-electron chi connectivity index (χ3n) is 3.27. The number of carbonyl (C=O) groups excluding carboxylic acids is 1. The Labute approximate surface area is 148 Å². The van der Waals surface area contributed by atoms with Gasteiger partial charge in [0.2, 0.25) is 0 Å². The van der Waals surface area contributed by atoms with E-state index < -0.39 is 5.97 Å². The SMILES string of the molecule is CCOC(=O)C(C#N)=c1sc(=CNc2cccc(C)n2)c(=O)n1CC. The number of rotatable bonds is 5. The van der Waals surface area contributed by atoms with Crippen LogP contribution in [0.15, 0.2) is 23.0 Å². The van der Waals surface area contributed by atoms with Gasteiger partial charge in [0.05, 0.1) is 6.61 Å². The number of carbonyl (C=O) groups is 1. The Morgan fingerprint density at radius 3 is 2.84 bits per heavy atom. The molecular formula is C17H18N4O3S. The van der Waals surface area contributed by atoms with Crippen molar-refractivity contribution in [2.75, 3.05) is 11.9 Å². The quantitative estimate of drug-likeness (QED) is 0.791. The van der Waals surface area contributed by atoms with E-state index in [-0.39, 0.29) is 17.7 Å². The number of aryl methyl sites for hydroxylation is 1. The molecule has 0 saturated carbocycles. The predicted octanol–water partition coefficient (Wildman–Crippen LogP) is 0.721. The molecule has 0 aromatic carbocycles. The van der Waals surface area contributed by atoms with E-state index in [1.807, 2.05) is 25.1 Å². The highest BCUT2D eigenvalue weighted by Crippen LogP contribution is 2.03. The molecular weight excluding hydrogens is 340 g/mol. The predicted molar refractivity (Wildman–Crippen MR) is 96.2 cm³/mol. The standard InChI is InChI=1S/C17H18N4O3S/c1-4-21-15(22)13(10-19-14-8-6-7-11(3)20-14)25-16(21)12(9-18)17(23)24-5-2/h6-8,10H,4-5H2,1-3H3,(H,19,20). The highest BCUT2D eigenvalue weighted by molar-refractivity contribution is 7.07. The number of thiazole rings is 1. The Kier molecular flexibility index (Phi) is 6.08. The summed E-state index contributed by atoms with van der Waals surface area (Å²) in [6.07, 6.45) is 1.53. The van der Waals surface area contributed by atoms with Gasteiger partial charge in [0.25, 0.3) is 5.56 Å². The van der Waals surface area contributed by atoms with E-state index in [1.165, 1.54) is 10.8 Å². The smallest absolute Gasteiger partial charge is 0.351 e.